The SMILES string of the molecule is Cc1ccc(Cl)c(NCCc2ccccn2)c1. The third-order valence-electron chi connectivity index (χ3n) is 2.54. The summed E-state index contributed by atoms with van der Waals surface area (Å²) in [5.41, 5.74) is 3.28. The van der Waals surface area contributed by atoms with E-state index in [4.69, 9.17) is 11.6 Å². The molecular weight excluding hydrogens is 232 g/mol. The van der Waals surface area contributed by atoms with E-state index in [0.717, 1.165) is 29.4 Å². The van der Waals surface area contributed by atoms with Crippen molar-refractivity contribution < 1.29 is 0 Å². The molecule has 2 aromatic rings. The number of nitrogens with one attached hydrogen (secondary N) is 1. The van der Waals surface area contributed by atoms with Crippen LogP contribution in [0.15, 0.2) is 42.6 Å². The molecule has 0 aliphatic rings. The van der Waals surface area contributed by atoms with Gasteiger partial charge in [0.25, 0.3) is 0 Å². The second-order valence-corrected chi connectivity index (χ2v) is 4.39. The van der Waals surface area contributed by atoms with E-state index >= 15 is 0 Å². The molecule has 17 heavy (non-hydrogen) atoms. The summed E-state index contributed by atoms with van der Waals surface area (Å²) in [4.78, 5) is 4.28. The van der Waals surface area contributed by atoms with Crippen LogP contribution in [0, 0.1) is 6.92 Å². The molecule has 0 bridgehead atoms. The summed E-state index contributed by atoms with van der Waals surface area (Å²) in [6.07, 6.45) is 2.71. The molecule has 0 spiro atoms. The minimum Gasteiger partial charge on any atom is -0.383 e. The molecule has 2 nitrogen and oxygen atoms in total. The van der Waals surface area contributed by atoms with Gasteiger partial charge in [0.05, 0.1) is 10.7 Å². The van der Waals surface area contributed by atoms with E-state index in [1.54, 1.807) is 0 Å². The highest BCUT2D eigenvalue weighted by Crippen LogP contribution is 2.22. The fourth-order valence-corrected chi connectivity index (χ4v) is 1.83. The van der Waals surface area contributed by atoms with Crippen molar-refractivity contribution in [2.24, 2.45) is 0 Å². The number of halogens is 1. The highest BCUT2D eigenvalue weighted by molar-refractivity contribution is 6.33. The van der Waals surface area contributed by atoms with Gasteiger partial charge in [-0.15, -0.1) is 0 Å². The lowest BCUT2D eigenvalue weighted by Gasteiger charge is -2.08. The van der Waals surface area contributed by atoms with Crippen molar-refractivity contribution in [3.63, 3.8) is 0 Å². The zero-order valence-electron chi connectivity index (χ0n) is 9.78. The van der Waals surface area contributed by atoms with Crippen molar-refractivity contribution in [2.75, 3.05) is 11.9 Å². The first kappa shape index (κ1) is 11.9. The monoisotopic (exact) mass is 246 g/mol. The number of aryl methyl sites for hydroxylation is 1. The lowest BCUT2D eigenvalue weighted by Crippen LogP contribution is -2.06. The average molecular weight is 247 g/mol. The predicted octanol–water partition coefficient (Wildman–Crippen LogP) is 3.70. The standard InChI is InChI=1S/C14H15ClN2/c1-11-5-6-13(15)14(10-11)17-9-7-12-4-2-3-8-16-12/h2-6,8,10,17H,7,9H2,1H3. The van der Waals surface area contributed by atoms with Crippen LogP contribution in [0.5, 0.6) is 0 Å². The molecule has 0 aliphatic heterocycles. The van der Waals surface area contributed by atoms with Gasteiger partial charge in [-0.25, -0.2) is 0 Å². The fraction of sp³-hybridized carbons (Fsp3) is 0.214. The second-order valence-electron chi connectivity index (χ2n) is 3.98. The summed E-state index contributed by atoms with van der Waals surface area (Å²) < 4.78 is 0. The van der Waals surface area contributed by atoms with Crippen LogP contribution in [-0.4, -0.2) is 11.5 Å². The molecular formula is C14H15ClN2. The van der Waals surface area contributed by atoms with Gasteiger partial charge in [-0.3, -0.25) is 4.98 Å². The molecule has 0 unspecified atom stereocenters. The lowest BCUT2D eigenvalue weighted by atomic mass is 10.2. The summed E-state index contributed by atoms with van der Waals surface area (Å²) in [5.74, 6) is 0. The molecule has 0 saturated heterocycles. The van der Waals surface area contributed by atoms with E-state index in [1.807, 2.05) is 36.5 Å². The molecule has 0 aliphatic carbocycles. The van der Waals surface area contributed by atoms with E-state index in [2.05, 4.69) is 23.3 Å². The minimum absolute atomic E-state index is 0.761. The number of benzene rings is 1. The third kappa shape index (κ3) is 3.46. The first-order valence-electron chi connectivity index (χ1n) is 5.65. The average Bonchev–Trinajstić information content (AvgIpc) is 2.35. The molecule has 0 radical (unpaired) electrons. The van der Waals surface area contributed by atoms with Crippen LogP contribution in [0.4, 0.5) is 5.69 Å². The molecule has 1 aromatic carbocycles. The van der Waals surface area contributed by atoms with Gasteiger partial charge < -0.3 is 5.32 Å². The van der Waals surface area contributed by atoms with Gasteiger partial charge in [-0.2, -0.15) is 0 Å². The van der Waals surface area contributed by atoms with Crippen molar-refractivity contribution in [3.05, 3.63) is 58.9 Å². The molecule has 3 heteroatoms. The number of rotatable bonds is 4. The third-order valence-corrected chi connectivity index (χ3v) is 2.87. The molecule has 2 rings (SSSR count). The van der Waals surface area contributed by atoms with Gasteiger partial charge in [-0.1, -0.05) is 23.7 Å². The van der Waals surface area contributed by atoms with Gasteiger partial charge in [0.15, 0.2) is 0 Å². The van der Waals surface area contributed by atoms with Gasteiger partial charge in [0, 0.05) is 24.9 Å². The molecule has 0 fully saturated rings. The molecule has 0 amide bonds. The zero-order valence-corrected chi connectivity index (χ0v) is 10.5. The Hall–Kier alpha value is -1.54. The largest absolute Gasteiger partial charge is 0.383 e. The maximum Gasteiger partial charge on any atom is 0.0637 e. The Morgan fingerprint density at radius 1 is 1.24 bits per heavy atom. The number of aromatic nitrogens is 1. The van der Waals surface area contributed by atoms with Gasteiger partial charge in [0.2, 0.25) is 0 Å². The van der Waals surface area contributed by atoms with Crippen LogP contribution >= 0.6 is 11.6 Å². The maximum absolute atomic E-state index is 6.10. The summed E-state index contributed by atoms with van der Waals surface area (Å²) >= 11 is 6.10. The molecule has 1 heterocycles. The number of hydrogen-bond acceptors (Lipinski definition) is 2. The highest BCUT2D eigenvalue weighted by atomic mass is 35.5. The van der Waals surface area contributed by atoms with Crippen molar-refractivity contribution in [3.8, 4) is 0 Å². The predicted molar refractivity (Wildman–Crippen MR) is 72.6 cm³/mol. The van der Waals surface area contributed by atoms with Crippen LogP contribution in [0.2, 0.25) is 5.02 Å². The zero-order chi connectivity index (χ0) is 12.1. The number of hydrogen-bond donors (Lipinski definition) is 1. The first-order valence-corrected chi connectivity index (χ1v) is 6.03. The summed E-state index contributed by atoms with van der Waals surface area (Å²) in [6, 6.07) is 11.9. The maximum atomic E-state index is 6.10. The summed E-state index contributed by atoms with van der Waals surface area (Å²) in [7, 11) is 0. The highest BCUT2D eigenvalue weighted by Gasteiger charge is 2.00. The van der Waals surface area contributed by atoms with Crippen LogP contribution in [0.1, 0.15) is 11.3 Å². The fourth-order valence-electron chi connectivity index (χ4n) is 1.65. The van der Waals surface area contributed by atoms with Crippen molar-refractivity contribution >= 4 is 17.3 Å². The Balaban J connectivity index is 1.92. The summed E-state index contributed by atoms with van der Waals surface area (Å²) in [6.45, 7) is 2.89. The van der Waals surface area contributed by atoms with Crippen LogP contribution in [0.3, 0.4) is 0 Å². The molecule has 1 aromatic heterocycles. The van der Waals surface area contributed by atoms with Gasteiger partial charge in [-0.05, 0) is 36.8 Å². The van der Waals surface area contributed by atoms with E-state index in [9.17, 15) is 0 Å². The topological polar surface area (TPSA) is 24.9 Å². The molecule has 88 valence electrons. The van der Waals surface area contributed by atoms with Gasteiger partial charge >= 0.3 is 0 Å². The van der Waals surface area contributed by atoms with Gasteiger partial charge in [0.1, 0.15) is 0 Å². The number of pyridine rings is 1. The van der Waals surface area contributed by atoms with E-state index < -0.39 is 0 Å². The Bertz CT molecular complexity index is 483. The molecule has 1 N–H and O–H groups in total. The smallest absolute Gasteiger partial charge is 0.0637 e. The van der Waals surface area contributed by atoms with Crippen molar-refractivity contribution in [1.29, 1.82) is 0 Å². The lowest BCUT2D eigenvalue weighted by molar-refractivity contribution is 0.961. The van der Waals surface area contributed by atoms with E-state index in [-0.39, 0.29) is 0 Å². The normalized spacial score (nSPS) is 10.2. The van der Waals surface area contributed by atoms with E-state index in [1.165, 1.54) is 5.56 Å². The Labute approximate surface area is 107 Å². The molecule has 0 atom stereocenters. The Morgan fingerprint density at radius 3 is 2.88 bits per heavy atom. The van der Waals surface area contributed by atoms with E-state index in [0.29, 0.717) is 0 Å². The Kier molecular flexibility index (Phi) is 3.99. The van der Waals surface area contributed by atoms with Crippen LogP contribution in [0.25, 0.3) is 0 Å². The first-order chi connectivity index (χ1) is 8.25. The van der Waals surface area contributed by atoms with Crippen molar-refractivity contribution in [1.82, 2.24) is 4.98 Å². The minimum atomic E-state index is 0.761. The summed E-state index contributed by atoms with van der Waals surface area (Å²) in [5, 5.41) is 4.09. The second kappa shape index (κ2) is 5.69. The Morgan fingerprint density at radius 2 is 2.12 bits per heavy atom. The number of nitrogens with zero attached hydrogens (tertiary/aromatic N) is 1. The molecule has 0 saturated carbocycles. The van der Waals surface area contributed by atoms with Crippen LogP contribution < -0.4 is 5.32 Å². The quantitative estimate of drug-likeness (QED) is 0.890. The number of anilines is 1. The van der Waals surface area contributed by atoms with Crippen molar-refractivity contribution in [2.45, 2.75) is 13.3 Å². The van der Waals surface area contributed by atoms with Crippen LogP contribution in [-0.2, 0) is 6.42 Å².